The number of hydrogen-bond donors (Lipinski definition) is 1. The van der Waals surface area contributed by atoms with Crippen LogP contribution in [0.3, 0.4) is 0 Å². The van der Waals surface area contributed by atoms with Crippen LogP contribution in [0.4, 0.5) is 5.69 Å². The summed E-state index contributed by atoms with van der Waals surface area (Å²) in [6.07, 6.45) is 1.60. The van der Waals surface area contributed by atoms with Gasteiger partial charge in [-0.2, -0.15) is 0 Å². The number of nitrogens with zero attached hydrogens (tertiary/aromatic N) is 1. The van der Waals surface area contributed by atoms with Crippen molar-refractivity contribution in [3.63, 3.8) is 0 Å². The Kier molecular flexibility index (Phi) is 4.77. The second kappa shape index (κ2) is 6.55. The van der Waals surface area contributed by atoms with Crippen LogP contribution in [0, 0.1) is 11.8 Å². The Morgan fingerprint density at radius 1 is 1.20 bits per heavy atom. The van der Waals surface area contributed by atoms with Crippen LogP contribution >= 0.6 is 0 Å². The van der Waals surface area contributed by atoms with Crippen molar-refractivity contribution in [3.8, 4) is 0 Å². The third-order valence-corrected chi connectivity index (χ3v) is 3.64. The first-order chi connectivity index (χ1) is 9.69. The number of hydrogen-bond acceptors (Lipinski definition) is 2. The van der Waals surface area contributed by atoms with E-state index in [1.54, 1.807) is 4.90 Å². The Labute approximate surface area is 120 Å². The first-order valence-corrected chi connectivity index (χ1v) is 7.33. The van der Waals surface area contributed by atoms with Gasteiger partial charge in [-0.25, -0.2) is 0 Å². The van der Waals surface area contributed by atoms with Gasteiger partial charge in [0.1, 0.15) is 0 Å². The van der Waals surface area contributed by atoms with Crippen LogP contribution in [0.5, 0.6) is 0 Å². The van der Waals surface area contributed by atoms with Gasteiger partial charge in [0.15, 0.2) is 0 Å². The summed E-state index contributed by atoms with van der Waals surface area (Å²) >= 11 is 0. The molecule has 2 amide bonds. The summed E-state index contributed by atoms with van der Waals surface area (Å²) in [4.78, 5) is 26.1. The van der Waals surface area contributed by atoms with Gasteiger partial charge in [0.2, 0.25) is 11.8 Å². The fraction of sp³-hybridized carbons (Fsp3) is 0.500. The van der Waals surface area contributed by atoms with Gasteiger partial charge in [0.25, 0.3) is 0 Å². The van der Waals surface area contributed by atoms with E-state index < -0.39 is 0 Å². The summed E-state index contributed by atoms with van der Waals surface area (Å²) in [6.45, 7) is 5.29. The normalized spacial score (nSPS) is 20.3. The molecule has 1 aliphatic rings. The molecule has 4 heteroatoms. The Hall–Kier alpha value is -1.84. The molecule has 0 radical (unpaired) electrons. The van der Waals surface area contributed by atoms with Crippen LogP contribution < -0.4 is 10.2 Å². The van der Waals surface area contributed by atoms with Crippen molar-refractivity contribution in [1.29, 1.82) is 0 Å². The third-order valence-electron chi connectivity index (χ3n) is 3.64. The molecular weight excluding hydrogens is 252 g/mol. The number of anilines is 1. The molecule has 1 aromatic rings. The fourth-order valence-electron chi connectivity index (χ4n) is 2.41. The number of amides is 2. The molecule has 2 atom stereocenters. The maximum atomic E-state index is 12.5. The Morgan fingerprint density at radius 2 is 1.90 bits per heavy atom. The number of carbonyl (C=O) groups excluding carboxylic acids is 2. The Morgan fingerprint density at radius 3 is 2.50 bits per heavy atom. The molecule has 108 valence electrons. The summed E-state index contributed by atoms with van der Waals surface area (Å²) in [7, 11) is 0. The van der Waals surface area contributed by atoms with Gasteiger partial charge >= 0.3 is 0 Å². The predicted octanol–water partition coefficient (Wildman–Crippen LogP) is 2.20. The average molecular weight is 274 g/mol. The van der Waals surface area contributed by atoms with E-state index >= 15 is 0 Å². The molecule has 4 nitrogen and oxygen atoms in total. The fourth-order valence-corrected chi connectivity index (χ4v) is 2.41. The maximum Gasteiger partial charge on any atom is 0.230 e. The molecule has 2 unspecified atom stereocenters. The molecule has 1 aromatic carbocycles. The topological polar surface area (TPSA) is 49.4 Å². The lowest BCUT2D eigenvalue weighted by molar-refractivity contribution is -0.126. The molecule has 1 aliphatic carbocycles. The standard InChI is InChI=1S/C16H22N2O2/c1-3-10-17-15(19)13-11-14(13)16(20)18(4-2)12-8-6-5-7-9-12/h5-9,13-14H,3-4,10-11H2,1-2H3,(H,17,19). The van der Waals surface area contributed by atoms with Gasteiger partial charge in [0.05, 0.1) is 11.8 Å². The minimum Gasteiger partial charge on any atom is -0.356 e. The molecule has 1 fully saturated rings. The van der Waals surface area contributed by atoms with E-state index in [1.165, 1.54) is 0 Å². The van der Waals surface area contributed by atoms with E-state index in [9.17, 15) is 9.59 Å². The van der Waals surface area contributed by atoms with Crippen molar-refractivity contribution in [2.75, 3.05) is 18.0 Å². The van der Waals surface area contributed by atoms with Crippen LogP contribution in [0.2, 0.25) is 0 Å². The third kappa shape index (κ3) is 3.18. The largest absolute Gasteiger partial charge is 0.356 e. The van der Waals surface area contributed by atoms with E-state index in [1.807, 2.05) is 44.2 Å². The first-order valence-electron chi connectivity index (χ1n) is 7.33. The van der Waals surface area contributed by atoms with E-state index in [4.69, 9.17) is 0 Å². The summed E-state index contributed by atoms with van der Waals surface area (Å²) in [6, 6.07) is 9.62. The van der Waals surface area contributed by atoms with E-state index in [-0.39, 0.29) is 23.7 Å². The summed E-state index contributed by atoms with van der Waals surface area (Å²) in [5.41, 5.74) is 0.902. The zero-order chi connectivity index (χ0) is 14.5. The molecule has 1 saturated carbocycles. The van der Waals surface area contributed by atoms with Gasteiger partial charge in [-0.05, 0) is 31.9 Å². The number of benzene rings is 1. The van der Waals surface area contributed by atoms with Crippen LogP contribution in [0.25, 0.3) is 0 Å². The molecule has 2 rings (SSSR count). The van der Waals surface area contributed by atoms with Gasteiger partial charge in [-0.3, -0.25) is 9.59 Å². The van der Waals surface area contributed by atoms with Crippen molar-refractivity contribution in [2.45, 2.75) is 26.7 Å². The van der Waals surface area contributed by atoms with Crippen LogP contribution in [-0.4, -0.2) is 24.9 Å². The second-order valence-electron chi connectivity index (χ2n) is 5.16. The second-order valence-corrected chi connectivity index (χ2v) is 5.16. The maximum absolute atomic E-state index is 12.5. The molecular formula is C16H22N2O2. The number of carbonyl (C=O) groups is 2. The van der Waals surface area contributed by atoms with Crippen LogP contribution in [0.1, 0.15) is 26.7 Å². The highest BCUT2D eigenvalue weighted by molar-refractivity contribution is 6.01. The zero-order valence-electron chi connectivity index (χ0n) is 12.1. The van der Waals surface area contributed by atoms with Crippen molar-refractivity contribution in [3.05, 3.63) is 30.3 Å². The van der Waals surface area contributed by atoms with E-state index in [0.717, 1.165) is 12.1 Å². The van der Waals surface area contributed by atoms with E-state index in [2.05, 4.69) is 5.32 Å². The Bertz CT molecular complexity index is 473. The van der Waals surface area contributed by atoms with Gasteiger partial charge in [0, 0.05) is 18.8 Å². The molecule has 20 heavy (non-hydrogen) atoms. The SMILES string of the molecule is CCCNC(=O)C1CC1C(=O)N(CC)c1ccccc1. The lowest BCUT2D eigenvalue weighted by Gasteiger charge is -2.21. The van der Waals surface area contributed by atoms with Crippen molar-refractivity contribution < 1.29 is 9.59 Å². The van der Waals surface area contributed by atoms with Gasteiger partial charge in [-0.1, -0.05) is 25.1 Å². The predicted molar refractivity (Wildman–Crippen MR) is 79.4 cm³/mol. The minimum absolute atomic E-state index is 0.0225. The van der Waals surface area contributed by atoms with Crippen LogP contribution in [0.15, 0.2) is 30.3 Å². The molecule has 0 aromatic heterocycles. The average Bonchev–Trinajstić information content (AvgIpc) is 3.27. The summed E-state index contributed by atoms with van der Waals surface area (Å²) < 4.78 is 0. The summed E-state index contributed by atoms with van der Waals surface area (Å²) in [5, 5.41) is 2.87. The highest BCUT2D eigenvalue weighted by atomic mass is 16.2. The van der Waals surface area contributed by atoms with Gasteiger partial charge < -0.3 is 10.2 Å². The lowest BCUT2D eigenvalue weighted by Crippen LogP contribution is -2.34. The molecule has 0 aliphatic heterocycles. The highest BCUT2D eigenvalue weighted by Crippen LogP contribution is 2.40. The number of nitrogens with one attached hydrogen (secondary N) is 1. The quantitative estimate of drug-likeness (QED) is 0.864. The Balaban J connectivity index is 1.97. The first kappa shape index (κ1) is 14.6. The molecule has 0 spiro atoms. The van der Waals surface area contributed by atoms with Crippen LogP contribution in [-0.2, 0) is 9.59 Å². The van der Waals surface area contributed by atoms with Gasteiger partial charge in [-0.15, -0.1) is 0 Å². The van der Waals surface area contributed by atoms with Crippen molar-refractivity contribution in [1.82, 2.24) is 5.32 Å². The highest BCUT2D eigenvalue weighted by Gasteiger charge is 2.49. The number of para-hydroxylation sites is 1. The molecule has 0 saturated heterocycles. The lowest BCUT2D eigenvalue weighted by atomic mass is 10.2. The molecule has 1 N–H and O–H groups in total. The molecule has 0 heterocycles. The van der Waals surface area contributed by atoms with E-state index in [0.29, 0.717) is 19.5 Å². The summed E-state index contributed by atoms with van der Waals surface area (Å²) in [5.74, 6) is -0.191. The smallest absolute Gasteiger partial charge is 0.230 e. The van der Waals surface area contributed by atoms with Crippen molar-refractivity contribution in [2.24, 2.45) is 11.8 Å². The zero-order valence-corrected chi connectivity index (χ0v) is 12.1. The molecule has 0 bridgehead atoms. The monoisotopic (exact) mass is 274 g/mol. The van der Waals surface area contributed by atoms with Crippen molar-refractivity contribution >= 4 is 17.5 Å². The minimum atomic E-state index is -0.146. The number of rotatable bonds is 6.